The van der Waals surface area contributed by atoms with Crippen LogP contribution < -0.4 is 0 Å². The van der Waals surface area contributed by atoms with Crippen molar-refractivity contribution in [3.8, 4) is 0 Å². The molecule has 19 heavy (non-hydrogen) atoms. The molecule has 104 valence electrons. The molecular weight excluding hydrogens is 274 g/mol. The summed E-state index contributed by atoms with van der Waals surface area (Å²) in [5, 5.41) is 0. The van der Waals surface area contributed by atoms with Crippen molar-refractivity contribution in [3.05, 3.63) is 35.4 Å². The minimum atomic E-state index is -1.34. The second kappa shape index (κ2) is 6.34. The Hall–Kier alpha value is -1.14. The Labute approximate surface area is 112 Å². The van der Waals surface area contributed by atoms with Gasteiger partial charge in [0.25, 0.3) is 0 Å². The van der Waals surface area contributed by atoms with E-state index in [1.807, 2.05) is 0 Å². The minimum absolute atomic E-state index is 0.0413. The highest BCUT2D eigenvalue weighted by molar-refractivity contribution is 7.85. The van der Waals surface area contributed by atoms with Crippen molar-refractivity contribution in [2.24, 2.45) is 0 Å². The van der Waals surface area contributed by atoms with Crippen molar-refractivity contribution in [2.45, 2.75) is 18.9 Å². The van der Waals surface area contributed by atoms with Gasteiger partial charge >= 0.3 is 0 Å². The SMILES string of the molecule is O=C(CS(=O)CC1CCCO1)c1ccc(F)c(F)c1. The summed E-state index contributed by atoms with van der Waals surface area (Å²) >= 11 is 0. The molecule has 1 aromatic rings. The third-order valence-electron chi connectivity index (χ3n) is 2.93. The van der Waals surface area contributed by atoms with Crippen molar-refractivity contribution >= 4 is 16.6 Å². The van der Waals surface area contributed by atoms with Gasteiger partial charge in [-0.3, -0.25) is 9.00 Å². The summed E-state index contributed by atoms with van der Waals surface area (Å²) in [7, 11) is -1.34. The second-order valence-corrected chi connectivity index (χ2v) is 5.94. The van der Waals surface area contributed by atoms with Crippen LogP contribution in [0, 0.1) is 11.6 Å². The molecule has 0 amide bonds. The Bertz CT molecular complexity index is 499. The maximum Gasteiger partial charge on any atom is 0.175 e. The normalized spacial score (nSPS) is 20.4. The first-order chi connectivity index (χ1) is 9.06. The summed E-state index contributed by atoms with van der Waals surface area (Å²) < 4.78 is 42.8. The highest BCUT2D eigenvalue weighted by atomic mass is 32.2. The van der Waals surface area contributed by atoms with E-state index in [0.29, 0.717) is 12.4 Å². The number of hydrogen-bond acceptors (Lipinski definition) is 3. The number of rotatable bonds is 5. The van der Waals surface area contributed by atoms with Crippen molar-refractivity contribution in [2.75, 3.05) is 18.1 Å². The van der Waals surface area contributed by atoms with E-state index in [0.717, 1.165) is 25.0 Å². The molecule has 0 aromatic heterocycles. The molecule has 0 saturated carbocycles. The molecule has 1 saturated heterocycles. The van der Waals surface area contributed by atoms with Gasteiger partial charge in [0.15, 0.2) is 17.4 Å². The Balaban J connectivity index is 1.92. The van der Waals surface area contributed by atoms with Crippen LogP contribution in [0.5, 0.6) is 0 Å². The van der Waals surface area contributed by atoms with Crippen LogP contribution >= 0.6 is 0 Å². The van der Waals surface area contributed by atoms with Crippen LogP contribution in [-0.4, -0.2) is 34.2 Å². The number of halogens is 2. The number of carbonyl (C=O) groups is 1. The summed E-state index contributed by atoms with van der Waals surface area (Å²) in [4.78, 5) is 11.8. The Morgan fingerprint density at radius 1 is 1.37 bits per heavy atom. The summed E-state index contributed by atoms with van der Waals surface area (Å²) in [5.41, 5.74) is 0.0413. The Morgan fingerprint density at radius 2 is 2.16 bits per heavy atom. The fourth-order valence-electron chi connectivity index (χ4n) is 1.94. The molecule has 0 bridgehead atoms. The maximum atomic E-state index is 13.0. The molecule has 0 N–H and O–H groups in total. The van der Waals surface area contributed by atoms with E-state index < -0.39 is 28.2 Å². The lowest BCUT2D eigenvalue weighted by atomic mass is 10.1. The predicted octanol–water partition coefficient (Wildman–Crippen LogP) is 2.08. The first-order valence-electron chi connectivity index (χ1n) is 6.01. The molecule has 0 aliphatic carbocycles. The second-order valence-electron chi connectivity index (χ2n) is 4.44. The van der Waals surface area contributed by atoms with Gasteiger partial charge in [-0.05, 0) is 31.0 Å². The highest BCUT2D eigenvalue weighted by Crippen LogP contribution is 2.14. The zero-order valence-electron chi connectivity index (χ0n) is 10.2. The number of hydrogen-bond donors (Lipinski definition) is 0. The largest absolute Gasteiger partial charge is 0.377 e. The number of Topliss-reactive ketones (excluding diaryl/α,β-unsaturated/α-hetero) is 1. The van der Waals surface area contributed by atoms with E-state index in [9.17, 15) is 17.8 Å². The lowest BCUT2D eigenvalue weighted by molar-refractivity contribution is 0.102. The van der Waals surface area contributed by atoms with Crippen LogP contribution in [0.1, 0.15) is 23.2 Å². The lowest BCUT2D eigenvalue weighted by Gasteiger charge is -2.08. The van der Waals surface area contributed by atoms with Crippen LogP contribution in [0.2, 0.25) is 0 Å². The van der Waals surface area contributed by atoms with Gasteiger partial charge in [-0.2, -0.15) is 0 Å². The summed E-state index contributed by atoms with van der Waals surface area (Å²) in [5.74, 6) is -2.40. The van der Waals surface area contributed by atoms with Gasteiger partial charge in [-0.1, -0.05) is 0 Å². The minimum Gasteiger partial charge on any atom is -0.377 e. The average Bonchev–Trinajstić information content (AvgIpc) is 2.85. The molecule has 1 aliphatic rings. The molecule has 2 rings (SSSR count). The molecule has 2 unspecified atom stereocenters. The fourth-order valence-corrected chi connectivity index (χ4v) is 3.20. The summed E-state index contributed by atoms with van der Waals surface area (Å²) in [6.07, 6.45) is 1.74. The predicted molar refractivity (Wildman–Crippen MR) is 67.5 cm³/mol. The lowest BCUT2D eigenvalue weighted by Crippen LogP contribution is -2.21. The van der Waals surface area contributed by atoms with Gasteiger partial charge in [0, 0.05) is 23.0 Å². The first-order valence-corrected chi connectivity index (χ1v) is 7.50. The van der Waals surface area contributed by atoms with E-state index in [1.54, 1.807) is 0 Å². The quantitative estimate of drug-likeness (QED) is 0.779. The van der Waals surface area contributed by atoms with E-state index in [4.69, 9.17) is 4.74 Å². The zero-order chi connectivity index (χ0) is 13.8. The van der Waals surface area contributed by atoms with Gasteiger partial charge < -0.3 is 4.74 Å². The molecule has 2 atom stereocenters. The Kier molecular flexibility index (Phi) is 4.76. The summed E-state index contributed by atoms with van der Waals surface area (Å²) in [6.45, 7) is 0.666. The molecule has 1 heterocycles. The van der Waals surface area contributed by atoms with Crippen LogP contribution in [-0.2, 0) is 15.5 Å². The van der Waals surface area contributed by atoms with Crippen LogP contribution in [0.15, 0.2) is 18.2 Å². The van der Waals surface area contributed by atoms with E-state index in [2.05, 4.69) is 0 Å². The fraction of sp³-hybridized carbons (Fsp3) is 0.462. The molecule has 1 aromatic carbocycles. The standard InChI is InChI=1S/C13H14F2O3S/c14-11-4-3-9(6-12(11)15)13(16)8-19(17)7-10-2-1-5-18-10/h3-4,6,10H,1-2,5,7-8H2. The number of benzene rings is 1. The first kappa shape index (κ1) is 14.3. The van der Waals surface area contributed by atoms with Gasteiger partial charge in [-0.25, -0.2) is 8.78 Å². The molecule has 1 aliphatic heterocycles. The molecule has 1 fully saturated rings. The van der Waals surface area contributed by atoms with Crippen molar-refractivity contribution in [3.63, 3.8) is 0 Å². The smallest absolute Gasteiger partial charge is 0.175 e. The molecular formula is C13H14F2O3S. The van der Waals surface area contributed by atoms with Gasteiger partial charge in [0.2, 0.25) is 0 Å². The molecule has 3 nitrogen and oxygen atoms in total. The van der Waals surface area contributed by atoms with Crippen LogP contribution in [0.3, 0.4) is 0 Å². The van der Waals surface area contributed by atoms with Gasteiger partial charge in [0.05, 0.1) is 17.6 Å². The average molecular weight is 288 g/mol. The third-order valence-corrected chi connectivity index (χ3v) is 4.26. The molecule has 0 spiro atoms. The van der Waals surface area contributed by atoms with E-state index >= 15 is 0 Å². The number of ketones is 1. The van der Waals surface area contributed by atoms with Gasteiger partial charge in [-0.15, -0.1) is 0 Å². The van der Waals surface area contributed by atoms with Crippen molar-refractivity contribution in [1.29, 1.82) is 0 Å². The topological polar surface area (TPSA) is 43.4 Å². The number of carbonyl (C=O) groups excluding carboxylic acids is 1. The van der Waals surface area contributed by atoms with Crippen molar-refractivity contribution in [1.82, 2.24) is 0 Å². The monoisotopic (exact) mass is 288 g/mol. The zero-order valence-corrected chi connectivity index (χ0v) is 11.1. The van der Waals surface area contributed by atoms with Gasteiger partial charge in [0.1, 0.15) is 0 Å². The van der Waals surface area contributed by atoms with E-state index in [-0.39, 0.29) is 17.4 Å². The molecule has 6 heteroatoms. The van der Waals surface area contributed by atoms with Crippen LogP contribution in [0.25, 0.3) is 0 Å². The summed E-state index contributed by atoms with van der Waals surface area (Å²) in [6, 6.07) is 2.93. The van der Waals surface area contributed by atoms with E-state index in [1.165, 1.54) is 6.07 Å². The maximum absolute atomic E-state index is 13.0. The van der Waals surface area contributed by atoms with Crippen molar-refractivity contribution < 1.29 is 22.5 Å². The third kappa shape index (κ3) is 3.91. The molecule has 0 radical (unpaired) electrons. The number of ether oxygens (including phenoxy) is 1. The highest BCUT2D eigenvalue weighted by Gasteiger charge is 2.20. The van der Waals surface area contributed by atoms with Crippen LogP contribution in [0.4, 0.5) is 8.78 Å². The Morgan fingerprint density at radius 3 is 2.79 bits per heavy atom.